The molecule has 3 atom stereocenters. The summed E-state index contributed by atoms with van der Waals surface area (Å²) in [5.74, 6) is -3.39. The summed E-state index contributed by atoms with van der Waals surface area (Å²) in [6.07, 6.45) is 9.01. The second kappa shape index (κ2) is 46.4. The van der Waals surface area contributed by atoms with Crippen LogP contribution in [0.3, 0.4) is 0 Å². The molecule has 0 fully saturated rings. The number of unbranched alkanes of at least 4 members (excludes halogenated alkanes) is 3. The van der Waals surface area contributed by atoms with Gasteiger partial charge in [0.05, 0.1) is 91.1 Å². The number of anilines is 1. The van der Waals surface area contributed by atoms with Gasteiger partial charge >= 0.3 is 38.8 Å². The van der Waals surface area contributed by atoms with Gasteiger partial charge in [-0.2, -0.15) is 0 Å². The normalized spacial score (nSPS) is 11.9. The largest absolute Gasteiger partial charge is 1.00 e. The predicted molar refractivity (Wildman–Crippen MR) is 282 cm³/mol. The number of ether oxygens (including phenoxy) is 5. The number of hydrogen-bond acceptors (Lipinski definition) is 20. The van der Waals surface area contributed by atoms with Crippen LogP contribution >= 0.6 is 0 Å². The topological polar surface area (TPSA) is 280 Å². The predicted octanol–water partition coefficient (Wildman–Crippen LogP) is 2.92. The Morgan fingerprint density at radius 3 is 1.51 bits per heavy atom. The molecule has 0 aliphatic heterocycles. The number of nitrogens with one attached hydrogen (secondary N) is 1. The molecule has 77 heavy (non-hydrogen) atoms. The third kappa shape index (κ3) is 35.4. The molecule has 0 aliphatic rings. The average molecular weight is 1130 g/mol. The van der Waals surface area contributed by atoms with Gasteiger partial charge in [-0.05, 0) is 98.6 Å². The van der Waals surface area contributed by atoms with Crippen LogP contribution in [0, 0.1) is 11.8 Å². The van der Waals surface area contributed by atoms with Crippen LogP contribution in [0.4, 0.5) is 10.5 Å². The Balaban J connectivity index is 0. The molecule has 23 nitrogen and oxygen atoms in total. The lowest BCUT2D eigenvalue weighted by molar-refractivity contribution is -0.890. The maximum atomic E-state index is 13.6. The second-order valence-corrected chi connectivity index (χ2v) is 20.1. The van der Waals surface area contributed by atoms with E-state index in [-0.39, 0.29) is 70.4 Å². The summed E-state index contributed by atoms with van der Waals surface area (Å²) >= 11 is 0. The van der Waals surface area contributed by atoms with E-state index >= 15 is 0 Å². The Morgan fingerprint density at radius 1 is 0.571 bits per heavy atom. The number of quaternary nitrogens is 1. The fourth-order valence-electron chi connectivity index (χ4n) is 7.45. The third-order valence-corrected chi connectivity index (χ3v) is 14.1. The lowest BCUT2D eigenvalue weighted by Gasteiger charge is -2.34. The van der Waals surface area contributed by atoms with Crippen molar-refractivity contribution in [2.75, 3.05) is 111 Å². The van der Waals surface area contributed by atoms with Gasteiger partial charge in [0.1, 0.15) is 19.2 Å². The van der Waals surface area contributed by atoms with Crippen LogP contribution in [0.5, 0.6) is 0 Å². The molecule has 3 unspecified atom stereocenters. The number of carbonyl (C=O) groups excluding carboxylic acids is 9. The summed E-state index contributed by atoms with van der Waals surface area (Å²) < 4.78 is 44.3. The van der Waals surface area contributed by atoms with Crippen molar-refractivity contribution in [3.05, 3.63) is 30.3 Å². The number of esters is 4. The van der Waals surface area contributed by atoms with Crippen LogP contribution in [0.2, 0.25) is 0 Å². The first kappa shape index (κ1) is 73.4. The summed E-state index contributed by atoms with van der Waals surface area (Å²) in [5.41, 5.74) is 0.673. The van der Waals surface area contributed by atoms with Crippen molar-refractivity contribution in [3.8, 4) is 0 Å². The van der Waals surface area contributed by atoms with Gasteiger partial charge < -0.3 is 64.1 Å². The van der Waals surface area contributed by atoms with Crippen LogP contribution < -0.4 is 22.6 Å². The Kier molecular flexibility index (Phi) is 44.3. The molecule has 0 aliphatic carbocycles. The first-order valence-corrected chi connectivity index (χ1v) is 28.3. The van der Waals surface area contributed by atoms with Crippen molar-refractivity contribution in [3.63, 3.8) is 0 Å². The van der Waals surface area contributed by atoms with Gasteiger partial charge in [0.15, 0.2) is 0 Å². The van der Waals surface area contributed by atoms with E-state index in [1.807, 2.05) is 65.2 Å². The highest BCUT2D eigenvalue weighted by molar-refractivity contribution is 6.62. The number of nitrogens with zero attached hydrogens (tertiary/aromatic N) is 5. The Hall–Kier alpha value is -5.67. The fraction of sp³-hybridized carbons (Fsp3) is 0.712. The quantitative estimate of drug-likeness (QED) is 0.0187. The summed E-state index contributed by atoms with van der Waals surface area (Å²) in [6.45, 7) is 14.8. The number of carbonyl (C=O) groups is 6. The zero-order chi connectivity index (χ0) is 56.9. The lowest BCUT2D eigenvalue weighted by Crippen LogP contribution is -3.00. The average Bonchev–Trinajstić information content (AvgIpc) is 3.38. The maximum Gasteiger partial charge on any atom is 0.521 e. The second-order valence-electron chi connectivity index (χ2n) is 17.6. The zero-order valence-corrected chi connectivity index (χ0v) is 48.3. The summed E-state index contributed by atoms with van der Waals surface area (Å²) in [7, 11) is 0.696. The Bertz CT molecular complexity index is 1950. The number of para-hydroxylation sites is 1. The molecule has 0 aromatic heterocycles. The first-order chi connectivity index (χ1) is 36.6. The standard InChI is InChI=1S/C28H46N4O10.C24H38N2O7Si.ClH/c1-5-39-26(36)23(12-7-9-14-29-21-33)20-25(35)41-19-17-32(3,4)16-11-18-42-28(38)31-24(27(37)40-6-2)13-8-10-15-30-22-34;1-5-30-24(29)21(14-12-13-17-25-19-27)18-23(28)26(22-15-10-9-11-16-22)20-34(31-6-2,32-7-3)33-8-4;/h23-24H,5-20H2,1-4H3;9-11,15-16,21H,5-8,12-14,17-18,20H2,1-4H3;1H. The number of aliphatic imine (C=N–C) groups is 3. The highest BCUT2D eigenvalue weighted by atomic mass is 35.5. The van der Waals surface area contributed by atoms with Gasteiger partial charge in [0.25, 0.3) is 0 Å². The summed E-state index contributed by atoms with van der Waals surface area (Å²) in [4.78, 5) is 118. The number of rotatable bonds is 42. The number of halogens is 1. The van der Waals surface area contributed by atoms with Gasteiger partial charge in [-0.3, -0.25) is 19.2 Å². The van der Waals surface area contributed by atoms with Gasteiger partial charge in [0.2, 0.25) is 24.1 Å². The zero-order valence-electron chi connectivity index (χ0n) is 46.6. The van der Waals surface area contributed by atoms with Gasteiger partial charge in [-0.1, -0.05) is 31.0 Å². The van der Waals surface area contributed by atoms with E-state index < -0.39 is 56.7 Å². The molecule has 1 N–H and O–H groups in total. The summed E-state index contributed by atoms with van der Waals surface area (Å²) in [5, 5.41) is 2.53. The molecule has 0 bridgehead atoms. The van der Waals surface area contributed by atoms with Crippen molar-refractivity contribution >= 4 is 68.6 Å². The number of hydrogen-bond donors (Lipinski definition) is 1. The Morgan fingerprint density at radius 2 is 1.04 bits per heavy atom. The lowest BCUT2D eigenvalue weighted by atomic mass is 9.97. The van der Waals surface area contributed by atoms with Crippen LogP contribution in [-0.2, 0) is 75.3 Å². The molecular weight excluding hydrogens is 1040 g/mol. The van der Waals surface area contributed by atoms with Crippen molar-refractivity contribution in [1.82, 2.24) is 5.32 Å². The molecule has 0 radical (unpaired) electrons. The molecule has 436 valence electrons. The van der Waals surface area contributed by atoms with Crippen molar-refractivity contribution in [2.45, 2.75) is 125 Å². The van der Waals surface area contributed by atoms with Crippen LogP contribution in [-0.4, -0.2) is 179 Å². The SMILES string of the molecule is CCOC(=O)C(CCCCN=C=O)CC(=O)N(C[Si](OCC)(OCC)OCC)c1ccccc1.CCOC(=O)C(CCCCN=C=O)CC(=O)OCC[N+](C)(C)CCCOC(=O)NC(CCCCN=C=O)C(=O)OCC.[Cl-]. The molecule has 0 saturated carbocycles. The molecule has 1 aromatic rings. The van der Waals surface area contributed by atoms with Gasteiger partial charge in [-0.25, -0.2) is 38.9 Å². The highest BCUT2D eigenvalue weighted by Crippen LogP contribution is 2.24. The van der Waals surface area contributed by atoms with Crippen LogP contribution in [0.15, 0.2) is 45.3 Å². The number of alkyl carbamates (subject to hydrolysis) is 1. The summed E-state index contributed by atoms with van der Waals surface area (Å²) in [6, 6.07) is 8.36. The third-order valence-electron chi connectivity index (χ3n) is 11.2. The number of benzene rings is 1. The number of isocyanates is 3. The minimum atomic E-state index is -3.20. The van der Waals surface area contributed by atoms with E-state index in [0.717, 1.165) is 0 Å². The molecule has 2 amide bonds. The molecular formula is C52H85ClN6O17Si. The monoisotopic (exact) mass is 1130 g/mol. The molecule has 1 aromatic carbocycles. The van der Waals surface area contributed by atoms with E-state index in [4.69, 9.17) is 37.0 Å². The number of amides is 2. The van der Waals surface area contributed by atoms with E-state index in [1.165, 1.54) is 18.2 Å². The minimum absolute atomic E-state index is 0. The van der Waals surface area contributed by atoms with Gasteiger partial charge in [0, 0.05) is 38.3 Å². The molecule has 1 rings (SSSR count). The maximum absolute atomic E-state index is 13.6. The van der Waals surface area contributed by atoms with E-state index in [0.29, 0.717) is 127 Å². The number of likely N-dealkylation sites (N-methyl/N-ethyl adjacent to an activating group) is 1. The fourth-order valence-corrected chi connectivity index (χ4v) is 10.0. The van der Waals surface area contributed by atoms with Gasteiger partial charge in [-0.15, -0.1) is 0 Å². The molecule has 0 heterocycles. The highest BCUT2D eigenvalue weighted by Gasteiger charge is 2.45. The minimum Gasteiger partial charge on any atom is -1.00 e. The van der Waals surface area contributed by atoms with Crippen molar-refractivity contribution in [1.29, 1.82) is 0 Å². The van der Waals surface area contributed by atoms with Crippen molar-refractivity contribution in [2.24, 2.45) is 26.8 Å². The molecule has 0 saturated heterocycles. The van der Waals surface area contributed by atoms with E-state index in [1.54, 1.807) is 25.7 Å². The Labute approximate surface area is 461 Å². The first-order valence-electron chi connectivity index (χ1n) is 26.3. The van der Waals surface area contributed by atoms with Crippen LogP contribution in [0.1, 0.15) is 119 Å². The van der Waals surface area contributed by atoms with E-state index in [9.17, 15) is 43.2 Å². The molecule has 25 heteroatoms. The van der Waals surface area contributed by atoms with E-state index in [2.05, 4.69) is 20.3 Å². The molecule has 0 spiro atoms. The van der Waals surface area contributed by atoms with Crippen LogP contribution in [0.25, 0.3) is 0 Å². The van der Waals surface area contributed by atoms with Crippen molar-refractivity contribution < 1.29 is 97.0 Å². The smallest absolute Gasteiger partial charge is 0.521 e.